The largest absolute Gasteiger partial charge is 0.497 e. The summed E-state index contributed by atoms with van der Waals surface area (Å²) < 4.78 is 39.8. The number of methoxy groups -OCH3 is 4. The molecular formula is C33H37N3O8. The number of ether oxygens (including phenoxy) is 6. The van der Waals surface area contributed by atoms with Crippen molar-refractivity contribution in [3.63, 3.8) is 0 Å². The Balaban J connectivity index is 1.56. The number of aromatic nitrogens is 2. The van der Waals surface area contributed by atoms with E-state index in [-0.39, 0.29) is 12.7 Å². The van der Waals surface area contributed by atoms with Gasteiger partial charge in [0.25, 0.3) is 6.01 Å². The maximum absolute atomic E-state index is 12.5. The normalized spacial score (nSPS) is 16.3. The summed E-state index contributed by atoms with van der Waals surface area (Å²) >= 11 is 0. The van der Waals surface area contributed by atoms with E-state index in [2.05, 4.69) is 4.98 Å². The van der Waals surface area contributed by atoms with Crippen LogP contribution in [-0.2, 0) is 27.4 Å². The number of hydrogen-bond acceptors (Lipinski definition) is 11. The minimum atomic E-state index is -0.718. The first-order valence-corrected chi connectivity index (χ1v) is 14.3. The van der Waals surface area contributed by atoms with Crippen LogP contribution >= 0.6 is 0 Å². The summed E-state index contributed by atoms with van der Waals surface area (Å²) in [6, 6.07) is 11.7. The van der Waals surface area contributed by atoms with Crippen molar-refractivity contribution in [3.05, 3.63) is 71.6 Å². The van der Waals surface area contributed by atoms with Gasteiger partial charge in [-0.2, -0.15) is 4.98 Å². The fraction of sp³-hybridized carbons (Fsp3) is 0.364. The van der Waals surface area contributed by atoms with Gasteiger partial charge in [0.15, 0.2) is 11.7 Å². The number of carbonyl (C=O) groups is 1. The smallest absolute Gasteiger partial charge is 0.335 e. The molecule has 0 saturated heterocycles. The minimum Gasteiger partial charge on any atom is -0.497 e. The predicted molar refractivity (Wildman–Crippen MR) is 164 cm³/mol. The summed E-state index contributed by atoms with van der Waals surface area (Å²) in [5.74, 6) is 2.32. The summed E-state index contributed by atoms with van der Waals surface area (Å²) in [5, 5.41) is 0. The van der Waals surface area contributed by atoms with Gasteiger partial charge >= 0.3 is 5.97 Å². The number of oxazole rings is 1. The van der Waals surface area contributed by atoms with Crippen molar-refractivity contribution in [2.24, 2.45) is 0 Å². The van der Waals surface area contributed by atoms with Crippen LogP contribution < -0.4 is 23.8 Å². The van der Waals surface area contributed by atoms with Crippen molar-refractivity contribution in [1.29, 1.82) is 0 Å². The van der Waals surface area contributed by atoms with Gasteiger partial charge in [0.2, 0.25) is 0 Å². The maximum Gasteiger partial charge on any atom is 0.335 e. The van der Waals surface area contributed by atoms with Gasteiger partial charge in [-0.1, -0.05) is 6.08 Å². The van der Waals surface area contributed by atoms with Crippen LogP contribution in [0.5, 0.6) is 23.0 Å². The SMILES string of the molecule is CCOC(=O)[C@H]1CC(c2cncc3nc(N(Cc4ccc(OC)cc4OC)Cc4ccc(OC)cc4OC)oc23)=C[C@@H](C)O1. The molecule has 0 N–H and O–H groups in total. The van der Waals surface area contributed by atoms with E-state index in [1.54, 1.807) is 47.8 Å². The Morgan fingerprint density at radius 1 is 0.932 bits per heavy atom. The second-order valence-corrected chi connectivity index (χ2v) is 10.2. The van der Waals surface area contributed by atoms with E-state index in [1.165, 1.54) is 0 Å². The van der Waals surface area contributed by atoms with Crippen LogP contribution in [0.4, 0.5) is 6.01 Å². The molecule has 2 atom stereocenters. The van der Waals surface area contributed by atoms with Crippen molar-refractivity contribution >= 4 is 28.7 Å². The lowest BCUT2D eigenvalue weighted by atomic mass is 9.96. The lowest BCUT2D eigenvalue weighted by molar-refractivity contribution is -0.158. The number of carbonyl (C=O) groups excluding carboxylic acids is 1. The van der Waals surface area contributed by atoms with Crippen molar-refractivity contribution < 1.29 is 37.6 Å². The molecular weight excluding hydrogens is 566 g/mol. The summed E-state index contributed by atoms with van der Waals surface area (Å²) in [5.41, 5.74) is 4.57. The molecule has 5 rings (SSSR count). The highest BCUT2D eigenvalue weighted by molar-refractivity contribution is 5.89. The van der Waals surface area contributed by atoms with Gasteiger partial charge in [0.1, 0.15) is 28.5 Å². The third-order valence-corrected chi connectivity index (χ3v) is 7.38. The van der Waals surface area contributed by atoms with E-state index in [1.807, 2.05) is 54.3 Å². The number of fused-ring (bicyclic) bond motifs is 1. The first-order chi connectivity index (χ1) is 21.4. The van der Waals surface area contributed by atoms with Crippen LogP contribution in [0.25, 0.3) is 16.7 Å². The fourth-order valence-corrected chi connectivity index (χ4v) is 5.24. The van der Waals surface area contributed by atoms with Crippen molar-refractivity contribution in [1.82, 2.24) is 9.97 Å². The lowest BCUT2D eigenvalue weighted by Crippen LogP contribution is -2.32. The van der Waals surface area contributed by atoms with E-state index >= 15 is 0 Å². The van der Waals surface area contributed by atoms with E-state index in [0.29, 0.717) is 59.6 Å². The molecule has 1 aliphatic heterocycles. The van der Waals surface area contributed by atoms with Gasteiger partial charge in [-0.15, -0.1) is 0 Å². The zero-order valence-corrected chi connectivity index (χ0v) is 25.8. The Morgan fingerprint density at radius 2 is 1.57 bits per heavy atom. The number of rotatable bonds is 12. The van der Waals surface area contributed by atoms with Crippen LogP contribution in [0, 0.1) is 0 Å². The molecule has 11 nitrogen and oxygen atoms in total. The number of pyridine rings is 1. The van der Waals surface area contributed by atoms with Crippen molar-refractivity contribution in [3.8, 4) is 23.0 Å². The van der Waals surface area contributed by atoms with E-state index < -0.39 is 12.1 Å². The third-order valence-electron chi connectivity index (χ3n) is 7.38. The molecule has 2 aromatic heterocycles. The van der Waals surface area contributed by atoms with Crippen molar-refractivity contribution in [2.75, 3.05) is 39.9 Å². The molecule has 44 heavy (non-hydrogen) atoms. The number of benzene rings is 2. The number of esters is 1. The molecule has 0 bridgehead atoms. The van der Waals surface area contributed by atoms with E-state index in [0.717, 1.165) is 22.3 Å². The molecule has 0 aliphatic carbocycles. The van der Waals surface area contributed by atoms with Gasteiger partial charge in [-0.05, 0) is 43.7 Å². The summed E-state index contributed by atoms with van der Waals surface area (Å²) in [6.07, 6.45) is 4.67. The Hall–Kier alpha value is -4.77. The van der Waals surface area contributed by atoms with Crippen LogP contribution in [0.3, 0.4) is 0 Å². The zero-order chi connectivity index (χ0) is 31.2. The highest BCUT2D eigenvalue weighted by Gasteiger charge is 2.30. The molecule has 0 spiro atoms. The van der Waals surface area contributed by atoms with Gasteiger partial charge in [0, 0.05) is 41.4 Å². The maximum atomic E-state index is 12.5. The fourth-order valence-electron chi connectivity index (χ4n) is 5.24. The molecule has 11 heteroatoms. The monoisotopic (exact) mass is 603 g/mol. The zero-order valence-electron chi connectivity index (χ0n) is 25.8. The molecule has 0 saturated carbocycles. The Morgan fingerprint density at radius 3 is 2.14 bits per heavy atom. The van der Waals surface area contributed by atoms with Gasteiger partial charge in [-0.25, -0.2) is 4.79 Å². The van der Waals surface area contributed by atoms with E-state index in [9.17, 15) is 4.79 Å². The first kappa shape index (κ1) is 30.7. The first-order valence-electron chi connectivity index (χ1n) is 14.3. The van der Waals surface area contributed by atoms with Gasteiger partial charge in [-0.3, -0.25) is 4.98 Å². The molecule has 0 amide bonds. The highest BCUT2D eigenvalue weighted by atomic mass is 16.6. The van der Waals surface area contributed by atoms with Crippen LogP contribution in [0.1, 0.15) is 37.0 Å². The Labute approximate surface area is 256 Å². The Kier molecular flexibility index (Phi) is 9.54. The number of nitrogens with zero attached hydrogens (tertiary/aromatic N) is 3. The highest BCUT2D eigenvalue weighted by Crippen LogP contribution is 2.36. The molecule has 0 unspecified atom stereocenters. The third kappa shape index (κ3) is 6.57. The molecule has 232 valence electrons. The average molecular weight is 604 g/mol. The molecule has 0 radical (unpaired) electrons. The second-order valence-electron chi connectivity index (χ2n) is 10.2. The summed E-state index contributed by atoms with van der Waals surface area (Å²) in [7, 11) is 6.48. The molecule has 2 aromatic carbocycles. The molecule has 3 heterocycles. The average Bonchev–Trinajstić information content (AvgIpc) is 3.49. The molecule has 0 fully saturated rings. The summed E-state index contributed by atoms with van der Waals surface area (Å²) in [6.45, 7) is 4.74. The number of hydrogen-bond donors (Lipinski definition) is 0. The minimum absolute atomic E-state index is 0.280. The van der Waals surface area contributed by atoms with Gasteiger partial charge in [0.05, 0.1) is 60.4 Å². The van der Waals surface area contributed by atoms with E-state index in [4.69, 9.17) is 37.8 Å². The lowest BCUT2D eigenvalue weighted by Gasteiger charge is -2.26. The van der Waals surface area contributed by atoms with Gasteiger partial charge < -0.3 is 37.7 Å². The second kappa shape index (κ2) is 13.7. The standard InChI is InChI=1S/C33H37N3O8/c1-7-42-32(37)30-13-23(12-20(2)43-30)26-16-34-17-27-31(26)44-33(35-27)36(18-21-8-10-24(38-3)14-28(21)40-5)19-22-9-11-25(39-4)15-29(22)41-6/h8-12,14-17,20,30H,7,13,18-19H2,1-6H3/t20-,30-/m1/s1. The quantitative estimate of drug-likeness (QED) is 0.189. The van der Waals surface area contributed by atoms with Crippen LogP contribution in [0.15, 0.2) is 59.3 Å². The predicted octanol–water partition coefficient (Wildman–Crippen LogP) is 5.59. The molecule has 4 aromatic rings. The summed E-state index contributed by atoms with van der Waals surface area (Å²) in [4.78, 5) is 23.8. The van der Waals surface area contributed by atoms with Crippen LogP contribution in [-0.4, -0.2) is 63.2 Å². The van der Waals surface area contributed by atoms with Crippen molar-refractivity contribution in [2.45, 2.75) is 45.6 Å². The molecule has 1 aliphatic rings. The number of anilines is 1. The Bertz CT molecular complexity index is 1590. The topological polar surface area (TPSA) is 115 Å². The van der Waals surface area contributed by atoms with Crippen LogP contribution in [0.2, 0.25) is 0 Å².